The Bertz CT molecular complexity index is 1080. The summed E-state index contributed by atoms with van der Waals surface area (Å²) in [6, 6.07) is 2.50. The van der Waals surface area contributed by atoms with Crippen molar-refractivity contribution in [1.29, 1.82) is 0 Å². The Balaban J connectivity index is 1.54. The summed E-state index contributed by atoms with van der Waals surface area (Å²) in [5.74, 6) is -0.242. The first-order chi connectivity index (χ1) is 12.9. The fourth-order valence-corrected chi connectivity index (χ4v) is 3.90. The minimum Gasteiger partial charge on any atom is -0.494 e. The molecule has 3 aromatic rings. The number of likely N-dealkylation sites (N-methyl/N-ethyl adjacent to an activating group) is 1. The summed E-state index contributed by atoms with van der Waals surface area (Å²) in [5, 5.41) is 3.03. The Kier molecular flexibility index (Phi) is 4.06. The molecule has 4 rings (SSSR count). The number of imidazole rings is 1. The number of amides is 1. The van der Waals surface area contributed by atoms with E-state index in [1.807, 2.05) is 0 Å². The fraction of sp³-hybridized carbons (Fsp3) is 0.294. The van der Waals surface area contributed by atoms with Crippen molar-refractivity contribution < 1.29 is 18.7 Å². The number of carbonyl (C=O) groups excluding carboxylic acids is 2. The number of methoxy groups -OCH3 is 1. The first-order valence-corrected chi connectivity index (χ1v) is 8.96. The fourth-order valence-electron chi connectivity index (χ4n) is 3.01. The normalized spacial score (nSPS) is 16.1. The van der Waals surface area contributed by atoms with Crippen LogP contribution in [-0.2, 0) is 11.3 Å². The standard InChI is InChI=1S/C17H16FN5O3S/c1-8-15(25)14-16(22(8)2)19-7-23(14)6-13(24)21-17-20-10-5-11(26-3)9(18)4-12(10)27-17/h4-5,7-8H,6H2,1-3H3,(H,20,21,24). The number of nitrogens with one attached hydrogen (secondary N) is 1. The molecule has 1 aromatic carbocycles. The number of ether oxygens (including phenoxy) is 1. The first-order valence-electron chi connectivity index (χ1n) is 8.15. The maximum atomic E-state index is 13.8. The Morgan fingerprint density at radius 3 is 2.96 bits per heavy atom. The van der Waals surface area contributed by atoms with Gasteiger partial charge in [0.2, 0.25) is 11.7 Å². The highest BCUT2D eigenvalue weighted by molar-refractivity contribution is 7.22. The molecule has 0 bridgehead atoms. The van der Waals surface area contributed by atoms with Crippen molar-refractivity contribution in [2.75, 3.05) is 24.4 Å². The molecular formula is C17H16FN5O3S. The molecule has 0 fully saturated rings. The summed E-state index contributed by atoms with van der Waals surface area (Å²) >= 11 is 1.16. The number of halogens is 1. The zero-order valence-electron chi connectivity index (χ0n) is 14.8. The zero-order valence-corrected chi connectivity index (χ0v) is 15.6. The average molecular weight is 389 g/mol. The molecule has 3 heterocycles. The van der Waals surface area contributed by atoms with Crippen LogP contribution in [0.2, 0.25) is 0 Å². The van der Waals surface area contributed by atoms with Gasteiger partial charge in [0.25, 0.3) is 0 Å². The van der Waals surface area contributed by atoms with Gasteiger partial charge in [0.05, 0.1) is 29.7 Å². The highest BCUT2D eigenvalue weighted by Crippen LogP contribution is 2.32. The van der Waals surface area contributed by atoms with Gasteiger partial charge in [-0.25, -0.2) is 14.4 Å². The van der Waals surface area contributed by atoms with Crippen LogP contribution in [0.4, 0.5) is 15.3 Å². The molecule has 1 aliphatic heterocycles. The van der Waals surface area contributed by atoms with Crippen molar-refractivity contribution in [3.05, 3.63) is 30.0 Å². The molecule has 1 amide bonds. The number of hydrogen-bond acceptors (Lipinski definition) is 7. The van der Waals surface area contributed by atoms with Gasteiger partial charge in [0, 0.05) is 13.1 Å². The minimum absolute atomic E-state index is 0.0672. The van der Waals surface area contributed by atoms with Gasteiger partial charge in [-0.3, -0.25) is 9.59 Å². The van der Waals surface area contributed by atoms with Crippen LogP contribution in [0.5, 0.6) is 5.75 Å². The van der Waals surface area contributed by atoms with Gasteiger partial charge in [0.1, 0.15) is 12.2 Å². The molecular weight excluding hydrogens is 373 g/mol. The van der Waals surface area contributed by atoms with Crippen molar-refractivity contribution >= 4 is 44.2 Å². The highest BCUT2D eigenvalue weighted by Gasteiger charge is 2.36. The lowest BCUT2D eigenvalue weighted by Gasteiger charge is -2.14. The number of fused-ring (bicyclic) bond motifs is 2. The number of Topliss-reactive ketones (excluding diaryl/α,β-unsaturated/α-hetero) is 1. The third kappa shape index (κ3) is 2.81. The number of rotatable bonds is 4. The van der Waals surface area contributed by atoms with E-state index in [4.69, 9.17) is 4.74 Å². The monoisotopic (exact) mass is 389 g/mol. The number of anilines is 2. The summed E-state index contributed by atoms with van der Waals surface area (Å²) < 4.78 is 20.9. The molecule has 1 atom stereocenters. The largest absolute Gasteiger partial charge is 0.494 e. The van der Waals surface area contributed by atoms with Gasteiger partial charge in [-0.15, -0.1) is 0 Å². The molecule has 1 unspecified atom stereocenters. The van der Waals surface area contributed by atoms with Gasteiger partial charge >= 0.3 is 0 Å². The maximum Gasteiger partial charge on any atom is 0.246 e. The van der Waals surface area contributed by atoms with Crippen molar-refractivity contribution in [2.24, 2.45) is 0 Å². The second kappa shape index (κ2) is 6.31. The van der Waals surface area contributed by atoms with E-state index in [0.29, 0.717) is 26.9 Å². The lowest BCUT2D eigenvalue weighted by molar-refractivity contribution is -0.116. The van der Waals surface area contributed by atoms with E-state index in [1.165, 1.54) is 30.1 Å². The van der Waals surface area contributed by atoms with Crippen LogP contribution < -0.4 is 15.0 Å². The van der Waals surface area contributed by atoms with Crippen LogP contribution in [-0.4, -0.2) is 46.4 Å². The molecule has 140 valence electrons. The molecule has 1 N–H and O–H groups in total. The summed E-state index contributed by atoms with van der Waals surface area (Å²) in [6.45, 7) is 1.73. The number of carbonyl (C=O) groups is 2. The van der Waals surface area contributed by atoms with E-state index in [1.54, 1.807) is 18.9 Å². The van der Waals surface area contributed by atoms with Crippen molar-refractivity contribution in [1.82, 2.24) is 14.5 Å². The minimum atomic E-state index is -0.489. The maximum absolute atomic E-state index is 13.8. The Morgan fingerprint density at radius 1 is 1.44 bits per heavy atom. The van der Waals surface area contributed by atoms with E-state index in [0.717, 1.165) is 11.3 Å². The molecule has 2 aromatic heterocycles. The summed E-state index contributed by atoms with van der Waals surface area (Å²) in [4.78, 5) is 35.0. The van der Waals surface area contributed by atoms with E-state index in [-0.39, 0.29) is 30.0 Å². The Morgan fingerprint density at radius 2 is 2.22 bits per heavy atom. The van der Waals surface area contributed by atoms with Crippen LogP contribution in [0.1, 0.15) is 17.4 Å². The van der Waals surface area contributed by atoms with Crippen LogP contribution in [0.25, 0.3) is 10.2 Å². The second-order valence-electron chi connectivity index (χ2n) is 6.22. The lowest BCUT2D eigenvalue weighted by atomic mass is 10.2. The van der Waals surface area contributed by atoms with E-state index >= 15 is 0 Å². The zero-order chi connectivity index (χ0) is 19.3. The van der Waals surface area contributed by atoms with Crippen LogP contribution in [0, 0.1) is 5.82 Å². The van der Waals surface area contributed by atoms with Gasteiger partial charge in [0.15, 0.2) is 22.5 Å². The predicted molar refractivity (Wildman–Crippen MR) is 99.2 cm³/mol. The van der Waals surface area contributed by atoms with Crippen molar-refractivity contribution in [2.45, 2.75) is 19.5 Å². The third-order valence-corrected chi connectivity index (χ3v) is 5.50. The number of hydrogen-bond donors (Lipinski definition) is 1. The van der Waals surface area contributed by atoms with Crippen LogP contribution in [0.3, 0.4) is 0 Å². The van der Waals surface area contributed by atoms with Crippen molar-refractivity contribution in [3.8, 4) is 5.75 Å². The van der Waals surface area contributed by atoms with E-state index < -0.39 is 5.82 Å². The van der Waals surface area contributed by atoms with Crippen LogP contribution in [0.15, 0.2) is 18.5 Å². The van der Waals surface area contributed by atoms with E-state index in [9.17, 15) is 14.0 Å². The van der Waals surface area contributed by atoms with Gasteiger partial charge in [-0.05, 0) is 13.0 Å². The quantitative estimate of drug-likeness (QED) is 0.737. The molecule has 8 nitrogen and oxygen atoms in total. The first kappa shape index (κ1) is 17.4. The number of thiazole rings is 1. The van der Waals surface area contributed by atoms with Gasteiger partial charge in [-0.1, -0.05) is 11.3 Å². The third-order valence-electron chi connectivity index (χ3n) is 4.57. The molecule has 0 saturated heterocycles. The number of nitrogens with zero attached hydrogens (tertiary/aromatic N) is 4. The molecule has 10 heteroatoms. The summed E-state index contributed by atoms with van der Waals surface area (Å²) in [6.07, 6.45) is 1.48. The Labute approximate surface area is 157 Å². The number of ketones is 1. The molecule has 0 saturated carbocycles. The van der Waals surface area contributed by atoms with Crippen molar-refractivity contribution in [3.63, 3.8) is 0 Å². The number of benzene rings is 1. The topological polar surface area (TPSA) is 89.3 Å². The molecule has 0 radical (unpaired) electrons. The molecule has 27 heavy (non-hydrogen) atoms. The molecule has 1 aliphatic rings. The van der Waals surface area contributed by atoms with Gasteiger partial charge < -0.3 is 19.5 Å². The highest BCUT2D eigenvalue weighted by atomic mass is 32.1. The number of aromatic nitrogens is 3. The van der Waals surface area contributed by atoms with Crippen LogP contribution >= 0.6 is 11.3 Å². The molecule has 0 aliphatic carbocycles. The molecule has 0 spiro atoms. The lowest BCUT2D eigenvalue weighted by Crippen LogP contribution is -2.29. The van der Waals surface area contributed by atoms with Gasteiger partial charge in [-0.2, -0.15) is 0 Å². The summed E-state index contributed by atoms with van der Waals surface area (Å²) in [7, 11) is 3.17. The second-order valence-corrected chi connectivity index (χ2v) is 7.25. The SMILES string of the molecule is COc1cc2nc(NC(=O)Cn3cnc4c3C(=O)C(C)N4C)sc2cc1F. The smallest absolute Gasteiger partial charge is 0.246 e. The Hall–Kier alpha value is -3.01. The summed E-state index contributed by atoms with van der Waals surface area (Å²) in [5.41, 5.74) is 0.957. The average Bonchev–Trinajstić information content (AvgIpc) is 3.26. The predicted octanol–water partition coefficient (Wildman–Crippen LogP) is 2.30. The van der Waals surface area contributed by atoms with E-state index in [2.05, 4.69) is 15.3 Å².